The lowest BCUT2D eigenvalue weighted by atomic mass is 10.0. The second-order valence-electron chi connectivity index (χ2n) is 7.80. The van der Waals surface area contributed by atoms with E-state index < -0.39 is 0 Å². The molecule has 3 heterocycles. The molecule has 1 aliphatic carbocycles. The summed E-state index contributed by atoms with van der Waals surface area (Å²) in [6.45, 7) is 0. The van der Waals surface area contributed by atoms with Gasteiger partial charge in [-0.1, -0.05) is 42.1 Å². The Morgan fingerprint density at radius 1 is 1.07 bits per heavy atom. The average Bonchev–Trinajstić information content (AvgIpc) is 3.48. The zero-order valence-electron chi connectivity index (χ0n) is 16.2. The van der Waals surface area contributed by atoms with Crippen molar-refractivity contribution in [1.29, 1.82) is 0 Å². The van der Waals surface area contributed by atoms with E-state index in [1.54, 1.807) is 6.07 Å². The molecule has 1 saturated heterocycles. The topological polar surface area (TPSA) is 41.3 Å². The van der Waals surface area contributed by atoms with Gasteiger partial charge >= 0.3 is 0 Å². The van der Waals surface area contributed by atoms with Crippen LogP contribution >= 0.6 is 35.4 Å². The molecule has 1 aliphatic heterocycles. The SMILES string of the molecule is S=C1NC(c2ccccn2)C(c2ccc(-c3ccc(Cl)cc3Cl)o2)N1C1CCCC1. The van der Waals surface area contributed by atoms with Crippen molar-refractivity contribution in [1.82, 2.24) is 15.2 Å². The highest BCUT2D eigenvalue weighted by atomic mass is 35.5. The molecule has 4 nitrogen and oxygen atoms in total. The molecule has 0 spiro atoms. The molecule has 2 atom stereocenters. The smallest absolute Gasteiger partial charge is 0.170 e. The van der Waals surface area contributed by atoms with Crippen molar-refractivity contribution in [2.75, 3.05) is 0 Å². The lowest BCUT2D eigenvalue weighted by Crippen LogP contribution is -2.37. The first kappa shape index (κ1) is 19.9. The van der Waals surface area contributed by atoms with E-state index in [0.717, 1.165) is 40.7 Å². The van der Waals surface area contributed by atoms with Crippen molar-refractivity contribution in [2.45, 2.75) is 43.8 Å². The van der Waals surface area contributed by atoms with Gasteiger partial charge in [0.25, 0.3) is 0 Å². The van der Waals surface area contributed by atoms with Crippen LogP contribution in [0.4, 0.5) is 0 Å². The quantitative estimate of drug-likeness (QED) is 0.448. The second-order valence-corrected chi connectivity index (χ2v) is 9.03. The molecule has 2 aliphatic rings. The van der Waals surface area contributed by atoms with Gasteiger partial charge in [0.2, 0.25) is 0 Å². The van der Waals surface area contributed by atoms with E-state index in [9.17, 15) is 0 Å². The van der Waals surface area contributed by atoms with Crippen LogP contribution in [0.3, 0.4) is 0 Å². The van der Waals surface area contributed by atoms with Crippen LogP contribution in [0.1, 0.15) is 49.2 Å². The summed E-state index contributed by atoms with van der Waals surface area (Å²) in [4.78, 5) is 6.92. The molecule has 7 heteroatoms. The number of aromatic nitrogens is 1. The fraction of sp³-hybridized carbons (Fsp3) is 0.304. The van der Waals surface area contributed by atoms with Gasteiger partial charge in [-0.05, 0) is 67.5 Å². The molecule has 0 radical (unpaired) electrons. The fourth-order valence-electron chi connectivity index (χ4n) is 4.59. The molecule has 2 unspecified atom stereocenters. The first-order valence-corrected chi connectivity index (χ1v) is 11.3. The Bertz CT molecular complexity index is 1070. The highest BCUT2D eigenvalue weighted by Gasteiger charge is 2.45. The van der Waals surface area contributed by atoms with Crippen LogP contribution in [-0.2, 0) is 0 Å². The number of hydrogen-bond donors (Lipinski definition) is 1. The normalized spacial score (nSPS) is 21.9. The van der Waals surface area contributed by atoms with Crippen LogP contribution in [-0.4, -0.2) is 21.0 Å². The molecule has 1 N–H and O–H groups in total. The summed E-state index contributed by atoms with van der Waals surface area (Å²) in [6, 6.07) is 15.7. The molecule has 0 bridgehead atoms. The third-order valence-electron chi connectivity index (χ3n) is 5.97. The van der Waals surface area contributed by atoms with E-state index in [2.05, 4.69) is 15.2 Å². The lowest BCUT2D eigenvalue weighted by Gasteiger charge is -2.31. The maximum Gasteiger partial charge on any atom is 0.170 e. The van der Waals surface area contributed by atoms with Crippen LogP contribution in [0.5, 0.6) is 0 Å². The number of benzene rings is 1. The number of pyridine rings is 1. The van der Waals surface area contributed by atoms with Crippen LogP contribution in [0, 0.1) is 0 Å². The minimum absolute atomic E-state index is 0.0599. The molecule has 154 valence electrons. The predicted molar refractivity (Wildman–Crippen MR) is 124 cm³/mol. The summed E-state index contributed by atoms with van der Waals surface area (Å²) in [5, 5.41) is 5.44. The molecule has 0 amide bonds. The summed E-state index contributed by atoms with van der Waals surface area (Å²) in [6.07, 6.45) is 6.56. The van der Waals surface area contributed by atoms with Crippen LogP contribution in [0.25, 0.3) is 11.3 Å². The maximum atomic E-state index is 6.41. The number of rotatable bonds is 4. The van der Waals surface area contributed by atoms with E-state index >= 15 is 0 Å². The van der Waals surface area contributed by atoms with Crippen LogP contribution < -0.4 is 5.32 Å². The predicted octanol–water partition coefficient (Wildman–Crippen LogP) is 6.56. The number of furan rings is 1. The minimum Gasteiger partial charge on any atom is -0.459 e. The summed E-state index contributed by atoms with van der Waals surface area (Å²) >= 11 is 18.2. The van der Waals surface area contributed by atoms with Gasteiger partial charge in [-0.3, -0.25) is 4.98 Å². The minimum atomic E-state index is -0.0704. The van der Waals surface area contributed by atoms with Crippen molar-refractivity contribution in [3.63, 3.8) is 0 Å². The highest BCUT2D eigenvalue weighted by molar-refractivity contribution is 7.80. The Balaban J connectivity index is 1.55. The van der Waals surface area contributed by atoms with Crippen molar-refractivity contribution in [3.05, 3.63) is 76.2 Å². The van der Waals surface area contributed by atoms with Crippen LogP contribution in [0.15, 0.2) is 59.1 Å². The third kappa shape index (κ3) is 3.59. The van der Waals surface area contributed by atoms with Crippen molar-refractivity contribution < 1.29 is 4.42 Å². The van der Waals surface area contributed by atoms with Gasteiger partial charge in [-0.15, -0.1) is 0 Å². The molecule has 5 rings (SSSR count). The molecule has 2 fully saturated rings. The first-order valence-electron chi connectivity index (χ1n) is 10.2. The molecule has 30 heavy (non-hydrogen) atoms. The van der Waals surface area contributed by atoms with E-state index in [4.69, 9.17) is 39.8 Å². The number of nitrogens with one attached hydrogen (secondary N) is 1. The van der Waals surface area contributed by atoms with Crippen molar-refractivity contribution >= 4 is 40.5 Å². The summed E-state index contributed by atoms with van der Waals surface area (Å²) in [5.41, 5.74) is 1.77. The monoisotopic (exact) mass is 457 g/mol. The lowest BCUT2D eigenvalue weighted by molar-refractivity contribution is 0.218. The molecule has 2 aromatic heterocycles. The Morgan fingerprint density at radius 2 is 1.90 bits per heavy atom. The van der Waals surface area contributed by atoms with Crippen molar-refractivity contribution in [2.24, 2.45) is 0 Å². The highest BCUT2D eigenvalue weighted by Crippen LogP contribution is 2.44. The van der Waals surface area contributed by atoms with Gasteiger partial charge in [0.1, 0.15) is 17.6 Å². The van der Waals surface area contributed by atoms with E-state index in [1.807, 2.05) is 48.7 Å². The Labute approximate surface area is 191 Å². The van der Waals surface area contributed by atoms with E-state index in [1.165, 1.54) is 12.8 Å². The van der Waals surface area contributed by atoms with Gasteiger partial charge in [-0.2, -0.15) is 0 Å². The number of thiocarbonyl (C=S) groups is 1. The number of halogens is 2. The van der Waals surface area contributed by atoms with Gasteiger partial charge in [0.05, 0.1) is 16.8 Å². The van der Waals surface area contributed by atoms with Gasteiger partial charge < -0.3 is 14.6 Å². The maximum absolute atomic E-state index is 6.41. The Hall–Kier alpha value is -2.08. The Kier molecular flexibility index (Phi) is 5.44. The zero-order valence-corrected chi connectivity index (χ0v) is 18.6. The van der Waals surface area contributed by atoms with Crippen LogP contribution in [0.2, 0.25) is 10.0 Å². The first-order chi connectivity index (χ1) is 14.6. The third-order valence-corrected chi connectivity index (χ3v) is 6.84. The van der Waals surface area contributed by atoms with E-state index in [0.29, 0.717) is 16.1 Å². The molecule has 3 aromatic rings. The molecule has 1 aromatic carbocycles. The second kappa shape index (κ2) is 8.22. The number of nitrogens with zero attached hydrogens (tertiary/aromatic N) is 2. The molecular weight excluding hydrogens is 437 g/mol. The summed E-state index contributed by atoms with van der Waals surface area (Å²) in [5.74, 6) is 1.57. The molecular formula is C23H21Cl2N3OS. The Morgan fingerprint density at radius 3 is 2.63 bits per heavy atom. The van der Waals surface area contributed by atoms with E-state index in [-0.39, 0.29) is 12.1 Å². The average molecular weight is 458 g/mol. The number of hydrogen-bond acceptors (Lipinski definition) is 3. The standard InChI is InChI=1S/C23H21Cl2N3OS/c24-14-8-9-16(17(25)13-14)19-10-11-20(29-19)22-21(18-7-3-4-12-26-18)27-23(30)28(22)15-5-1-2-6-15/h3-4,7-13,15,21-22H,1-2,5-6H2,(H,27,30). The fourth-order valence-corrected chi connectivity index (χ4v) is 5.48. The van der Waals surface area contributed by atoms with Gasteiger partial charge in [0, 0.05) is 22.8 Å². The summed E-state index contributed by atoms with van der Waals surface area (Å²) in [7, 11) is 0. The largest absolute Gasteiger partial charge is 0.459 e. The zero-order chi connectivity index (χ0) is 20.7. The summed E-state index contributed by atoms with van der Waals surface area (Å²) < 4.78 is 6.37. The van der Waals surface area contributed by atoms with Gasteiger partial charge in [-0.25, -0.2) is 0 Å². The van der Waals surface area contributed by atoms with Gasteiger partial charge in [0.15, 0.2) is 5.11 Å². The molecule has 1 saturated carbocycles. The van der Waals surface area contributed by atoms with Crippen molar-refractivity contribution in [3.8, 4) is 11.3 Å².